The van der Waals surface area contributed by atoms with E-state index in [0.717, 1.165) is 25.2 Å². The van der Waals surface area contributed by atoms with E-state index in [1.165, 1.54) is 4.90 Å². The molecule has 25 heavy (non-hydrogen) atoms. The van der Waals surface area contributed by atoms with Crippen molar-refractivity contribution in [2.75, 3.05) is 26.2 Å². The molecule has 0 amide bonds. The van der Waals surface area contributed by atoms with Gasteiger partial charge in [0.15, 0.2) is 0 Å². The first kappa shape index (κ1) is 17.9. The molecule has 0 atom stereocenters. The van der Waals surface area contributed by atoms with Crippen LogP contribution in [0.5, 0.6) is 0 Å². The third kappa shape index (κ3) is 4.20. The van der Waals surface area contributed by atoms with Crippen molar-refractivity contribution in [3.8, 4) is 6.07 Å². The molecule has 2 aromatic rings. The summed E-state index contributed by atoms with van der Waals surface area (Å²) in [4.78, 5) is 1.62. The number of piperazine rings is 1. The maximum Gasteiger partial charge on any atom is 0.243 e. The van der Waals surface area contributed by atoms with Crippen molar-refractivity contribution >= 4 is 21.6 Å². The van der Waals surface area contributed by atoms with Gasteiger partial charge in [0.2, 0.25) is 10.0 Å². The molecule has 1 aliphatic rings. The summed E-state index contributed by atoms with van der Waals surface area (Å²) in [7, 11) is -3.46. The zero-order valence-corrected chi connectivity index (χ0v) is 15.2. The Balaban J connectivity index is 1.61. The molecule has 0 bridgehead atoms. The van der Waals surface area contributed by atoms with Gasteiger partial charge in [-0.15, -0.1) is 0 Å². The van der Waals surface area contributed by atoms with Gasteiger partial charge >= 0.3 is 0 Å². The fraction of sp³-hybridized carbons (Fsp3) is 0.278. The van der Waals surface area contributed by atoms with Gasteiger partial charge in [0.05, 0.1) is 42.7 Å². The summed E-state index contributed by atoms with van der Waals surface area (Å²) >= 11 is 5.83. The number of hydrogen-bond donors (Lipinski definition) is 1. The Hall–Kier alpha value is -1.91. The number of sulfonamides is 1. The molecule has 3 rings (SSSR count). The molecule has 0 unspecified atom stereocenters. The fourth-order valence-corrected chi connectivity index (χ4v) is 4.53. The average molecular weight is 377 g/mol. The number of halogens is 1. The molecule has 1 N–H and O–H groups in total. The highest BCUT2D eigenvalue weighted by molar-refractivity contribution is 7.89. The Morgan fingerprint density at radius 2 is 1.64 bits per heavy atom. The van der Waals surface area contributed by atoms with Gasteiger partial charge in [0, 0.05) is 10.6 Å². The summed E-state index contributed by atoms with van der Waals surface area (Å²) < 4.78 is 26.9. The lowest BCUT2D eigenvalue weighted by Gasteiger charge is -2.31. The van der Waals surface area contributed by atoms with E-state index in [1.807, 2.05) is 24.3 Å². The van der Waals surface area contributed by atoms with Crippen LogP contribution in [-0.4, -0.2) is 38.9 Å². The Bertz CT molecular complexity index is 866. The van der Waals surface area contributed by atoms with E-state index in [4.69, 9.17) is 16.9 Å². The molecule has 5 nitrogen and oxygen atoms in total. The third-order valence-electron chi connectivity index (χ3n) is 4.42. The maximum absolute atomic E-state index is 12.7. The first-order valence-corrected chi connectivity index (χ1v) is 9.89. The molecule has 1 heterocycles. The Morgan fingerprint density at radius 3 is 2.20 bits per heavy atom. The molecular formula is C18H19ClN3O2S+. The van der Waals surface area contributed by atoms with Crippen LogP contribution in [0.3, 0.4) is 0 Å². The predicted octanol–water partition coefficient (Wildman–Crippen LogP) is 1.30. The second-order valence-corrected chi connectivity index (χ2v) is 8.47. The lowest BCUT2D eigenvalue weighted by molar-refractivity contribution is -0.917. The van der Waals surface area contributed by atoms with E-state index < -0.39 is 10.0 Å². The lowest BCUT2D eigenvalue weighted by Crippen LogP contribution is -3.13. The SMILES string of the molecule is N#Cc1ccc(C[NH+]2CCN(S(=O)(=O)c3ccc(Cl)cc3)CC2)cc1. The number of quaternary nitrogens is 1. The van der Waals surface area contributed by atoms with Crippen molar-refractivity contribution in [3.05, 3.63) is 64.7 Å². The quantitative estimate of drug-likeness (QED) is 0.874. The first-order chi connectivity index (χ1) is 12.0. The van der Waals surface area contributed by atoms with Crippen LogP contribution in [-0.2, 0) is 16.6 Å². The average Bonchev–Trinajstić information content (AvgIpc) is 2.63. The van der Waals surface area contributed by atoms with E-state index in [1.54, 1.807) is 28.6 Å². The van der Waals surface area contributed by atoms with Crippen LogP contribution in [0.25, 0.3) is 0 Å². The van der Waals surface area contributed by atoms with Crippen LogP contribution in [0.2, 0.25) is 5.02 Å². The minimum atomic E-state index is -3.46. The predicted molar refractivity (Wildman–Crippen MR) is 95.8 cm³/mol. The second kappa shape index (κ2) is 7.54. The van der Waals surface area contributed by atoms with Gasteiger partial charge in [-0.3, -0.25) is 0 Å². The number of benzene rings is 2. The molecule has 2 aromatic carbocycles. The minimum Gasteiger partial charge on any atom is -0.329 e. The number of hydrogen-bond acceptors (Lipinski definition) is 3. The van der Waals surface area contributed by atoms with Crippen molar-refractivity contribution in [3.63, 3.8) is 0 Å². The molecule has 0 radical (unpaired) electrons. The zero-order chi connectivity index (χ0) is 17.9. The summed E-state index contributed by atoms with van der Waals surface area (Å²) in [6.45, 7) is 3.34. The molecule has 1 fully saturated rings. The van der Waals surface area contributed by atoms with Crippen molar-refractivity contribution in [2.45, 2.75) is 11.4 Å². The van der Waals surface area contributed by atoms with Gasteiger partial charge < -0.3 is 4.90 Å². The van der Waals surface area contributed by atoms with Crippen molar-refractivity contribution < 1.29 is 13.3 Å². The second-order valence-electron chi connectivity index (χ2n) is 6.09. The highest BCUT2D eigenvalue weighted by atomic mass is 35.5. The molecule has 0 saturated carbocycles. The van der Waals surface area contributed by atoms with Crippen LogP contribution in [0, 0.1) is 11.3 Å². The normalized spacial score (nSPS) is 16.5. The fourth-order valence-electron chi connectivity index (χ4n) is 2.96. The topological polar surface area (TPSA) is 65.6 Å². The molecule has 130 valence electrons. The monoisotopic (exact) mass is 376 g/mol. The number of rotatable bonds is 4. The summed E-state index contributed by atoms with van der Waals surface area (Å²) in [5.41, 5.74) is 1.81. The van der Waals surface area contributed by atoms with Gasteiger partial charge in [-0.2, -0.15) is 9.57 Å². The van der Waals surface area contributed by atoms with Crippen LogP contribution >= 0.6 is 11.6 Å². The van der Waals surface area contributed by atoms with Gasteiger partial charge in [-0.05, 0) is 36.4 Å². The van der Waals surface area contributed by atoms with Gasteiger partial charge in [0.25, 0.3) is 0 Å². The van der Waals surface area contributed by atoms with Crippen LogP contribution < -0.4 is 4.90 Å². The van der Waals surface area contributed by atoms with Crippen molar-refractivity contribution in [2.24, 2.45) is 0 Å². The summed E-state index contributed by atoms with van der Waals surface area (Å²) in [5, 5.41) is 9.36. The van der Waals surface area contributed by atoms with Gasteiger partial charge in [-0.1, -0.05) is 23.7 Å². The van der Waals surface area contributed by atoms with E-state index in [-0.39, 0.29) is 4.90 Å². The van der Waals surface area contributed by atoms with Crippen LogP contribution in [0.15, 0.2) is 53.4 Å². The molecule has 0 spiro atoms. The van der Waals surface area contributed by atoms with Crippen LogP contribution in [0.4, 0.5) is 0 Å². The Labute approximate surface area is 153 Å². The lowest BCUT2D eigenvalue weighted by atomic mass is 10.1. The third-order valence-corrected chi connectivity index (χ3v) is 6.58. The highest BCUT2D eigenvalue weighted by Gasteiger charge is 2.30. The van der Waals surface area contributed by atoms with Crippen molar-refractivity contribution in [1.82, 2.24) is 4.31 Å². The largest absolute Gasteiger partial charge is 0.329 e. The maximum atomic E-state index is 12.7. The van der Waals surface area contributed by atoms with Gasteiger partial charge in [-0.25, -0.2) is 8.42 Å². The molecule has 1 aliphatic heterocycles. The Morgan fingerprint density at radius 1 is 1.04 bits per heavy atom. The van der Waals surface area contributed by atoms with E-state index >= 15 is 0 Å². The van der Waals surface area contributed by atoms with Gasteiger partial charge in [0.1, 0.15) is 6.54 Å². The zero-order valence-electron chi connectivity index (χ0n) is 13.7. The summed E-state index contributed by atoms with van der Waals surface area (Å²) in [6, 6.07) is 16.0. The van der Waals surface area contributed by atoms with Crippen molar-refractivity contribution in [1.29, 1.82) is 5.26 Å². The number of nitrogens with one attached hydrogen (secondary N) is 1. The molecule has 1 saturated heterocycles. The molecule has 7 heteroatoms. The summed E-state index contributed by atoms with van der Waals surface area (Å²) in [5.74, 6) is 0. The van der Waals surface area contributed by atoms with E-state index in [0.29, 0.717) is 23.7 Å². The minimum absolute atomic E-state index is 0.285. The number of nitrogens with zero attached hydrogens (tertiary/aromatic N) is 2. The highest BCUT2D eigenvalue weighted by Crippen LogP contribution is 2.18. The number of nitriles is 1. The van der Waals surface area contributed by atoms with E-state index in [9.17, 15) is 8.42 Å². The standard InChI is InChI=1S/C18H18ClN3O2S/c19-17-5-7-18(8-6-17)25(23,24)22-11-9-21(10-12-22)14-16-3-1-15(13-20)2-4-16/h1-8H,9-12,14H2/p+1. The molecule has 0 aliphatic carbocycles. The molecule has 0 aromatic heterocycles. The Kier molecular flexibility index (Phi) is 5.40. The summed E-state index contributed by atoms with van der Waals surface area (Å²) in [6.07, 6.45) is 0. The smallest absolute Gasteiger partial charge is 0.243 e. The van der Waals surface area contributed by atoms with E-state index in [2.05, 4.69) is 6.07 Å². The molecular weight excluding hydrogens is 358 g/mol. The van der Waals surface area contributed by atoms with Crippen LogP contribution in [0.1, 0.15) is 11.1 Å². The first-order valence-electron chi connectivity index (χ1n) is 8.07.